The number of phenols is 1. The largest absolute Gasteiger partial charge is 0.507 e. The molecule has 6 aromatic rings. The molecule has 0 atom stereocenters. The van der Waals surface area contributed by atoms with Gasteiger partial charge in [0.05, 0.1) is 11.2 Å². The molecule has 0 saturated heterocycles. The lowest BCUT2D eigenvalue weighted by molar-refractivity contribution is 0.477. The molecule has 3 heteroatoms. The number of phenolic OH excluding ortho intramolecular Hbond substituents is 1. The van der Waals surface area contributed by atoms with Gasteiger partial charge in [-0.15, -0.1) is 0 Å². The van der Waals surface area contributed by atoms with Gasteiger partial charge in [-0.1, -0.05) is 78.9 Å². The van der Waals surface area contributed by atoms with Crippen LogP contribution in [0.5, 0.6) is 5.75 Å². The average Bonchev–Trinajstić information content (AvgIpc) is 3.23. The molecule has 0 amide bonds. The highest BCUT2D eigenvalue weighted by Gasteiger charge is 2.19. The van der Waals surface area contributed by atoms with Gasteiger partial charge in [0.15, 0.2) is 0 Å². The molecule has 3 nitrogen and oxygen atoms in total. The second kappa shape index (κ2) is 7.40. The number of hydrogen-bond acceptors (Lipinski definition) is 2. The summed E-state index contributed by atoms with van der Waals surface area (Å²) in [5.41, 5.74) is 7.95. The van der Waals surface area contributed by atoms with Crippen molar-refractivity contribution in [2.75, 3.05) is 0 Å². The molecule has 0 aliphatic rings. The summed E-state index contributed by atoms with van der Waals surface area (Å²) in [5, 5.41) is 13.2. The van der Waals surface area contributed by atoms with Crippen molar-refractivity contribution in [3.63, 3.8) is 0 Å². The summed E-state index contributed by atoms with van der Waals surface area (Å²) in [7, 11) is 0. The van der Waals surface area contributed by atoms with Gasteiger partial charge in [-0.3, -0.25) is 4.98 Å². The van der Waals surface area contributed by atoms with E-state index in [-0.39, 0.29) is 5.75 Å². The number of pyridine rings is 1. The summed E-state index contributed by atoms with van der Waals surface area (Å²) in [5.74, 6) is 0.251. The predicted molar refractivity (Wildman–Crippen MR) is 132 cm³/mol. The first-order chi connectivity index (χ1) is 15.8. The molecule has 0 fully saturated rings. The Morgan fingerprint density at radius 2 is 1.25 bits per heavy atom. The van der Waals surface area contributed by atoms with Crippen LogP contribution in [0.3, 0.4) is 0 Å². The minimum absolute atomic E-state index is 0.251. The third-order valence-corrected chi connectivity index (χ3v) is 6.01. The number of nitrogens with zero attached hydrogens (tertiary/aromatic N) is 1. The highest BCUT2D eigenvalue weighted by Crippen LogP contribution is 2.44. The Morgan fingerprint density at radius 3 is 2.12 bits per heavy atom. The molecule has 0 saturated carbocycles. The topological polar surface area (TPSA) is 48.9 Å². The van der Waals surface area contributed by atoms with E-state index in [1.165, 1.54) is 10.8 Å². The van der Waals surface area contributed by atoms with Gasteiger partial charge in [0, 0.05) is 44.7 Å². The maximum atomic E-state index is 10.8. The van der Waals surface area contributed by atoms with Crippen molar-refractivity contribution in [1.29, 1.82) is 0 Å². The lowest BCUT2D eigenvalue weighted by atomic mass is 9.88. The van der Waals surface area contributed by atoms with Gasteiger partial charge in [0.2, 0.25) is 0 Å². The lowest BCUT2D eigenvalue weighted by Gasteiger charge is -2.17. The Bertz CT molecular complexity index is 1580. The van der Waals surface area contributed by atoms with Gasteiger partial charge in [0.25, 0.3) is 0 Å². The van der Waals surface area contributed by atoms with Crippen LogP contribution in [-0.4, -0.2) is 15.1 Å². The molecule has 2 N–H and O–H groups in total. The minimum atomic E-state index is 0.251. The van der Waals surface area contributed by atoms with E-state index >= 15 is 0 Å². The van der Waals surface area contributed by atoms with Gasteiger partial charge >= 0.3 is 0 Å². The molecule has 4 aromatic carbocycles. The first-order valence-electron chi connectivity index (χ1n) is 10.6. The number of aromatic hydroxyl groups is 1. The maximum Gasteiger partial charge on any atom is 0.123 e. The van der Waals surface area contributed by atoms with Crippen LogP contribution in [0.25, 0.3) is 55.3 Å². The van der Waals surface area contributed by atoms with E-state index in [4.69, 9.17) is 0 Å². The van der Waals surface area contributed by atoms with Gasteiger partial charge in [0.1, 0.15) is 5.75 Å². The van der Waals surface area contributed by atoms with Crippen molar-refractivity contribution in [1.82, 2.24) is 9.97 Å². The summed E-state index contributed by atoms with van der Waals surface area (Å²) in [6.07, 6.45) is 1.80. The first kappa shape index (κ1) is 18.4. The zero-order valence-corrected chi connectivity index (χ0v) is 17.3. The number of aromatic amines is 1. The quantitative estimate of drug-likeness (QED) is 0.318. The number of para-hydroxylation sites is 3. The number of H-pyrrole nitrogens is 1. The average molecular weight is 412 g/mol. The van der Waals surface area contributed by atoms with Crippen LogP contribution in [0.15, 0.2) is 109 Å². The number of benzene rings is 4. The van der Waals surface area contributed by atoms with Crippen LogP contribution < -0.4 is 0 Å². The van der Waals surface area contributed by atoms with E-state index < -0.39 is 0 Å². The number of nitrogens with one attached hydrogen (secondary N) is 1. The lowest BCUT2D eigenvalue weighted by Crippen LogP contribution is -1.93. The fraction of sp³-hybridized carbons (Fsp3) is 0. The Morgan fingerprint density at radius 1 is 0.562 bits per heavy atom. The van der Waals surface area contributed by atoms with Crippen molar-refractivity contribution in [3.8, 4) is 39.3 Å². The van der Waals surface area contributed by atoms with E-state index in [0.29, 0.717) is 0 Å². The molecule has 32 heavy (non-hydrogen) atoms. The van der Waals surface area contributed by atoms with E-state index in [0.717, 1.165) is 44.5 Å². The van der Waals surface area contributed by atoms with Crippen LogP contribution in [0.1, 0.15) is 0 Å². The SMILES string of the molecule is Oc1ccccc1-c1c(-c2ccccn2)cccc1-c1cccc2c1[nH]c1ccccc12. The first-order valence-corrected chi connectivity index (χ1v) is 10.6. The summed E-state index contributed by atoms with van der Waals surface area (Å²) >= 11 is 0. The Labute approximate surface area is 185 Å². The molecule has 2 heterocycles. The van der Waals surface area contributed by atoms with E-state index in [1.807, 2.05) is 42.5 Å². The van der Waals surface area contributed by atoms with Crippen molar-refractivity contribution < 1.29 is 5.11 Å². The van der Waals surface area contributed by atoms with Crippen molar-refractivity contribution in [3.05, 3.63) is 109 Å². The molecule has 6 rings (SSSR count). The Kier molecular flexibility index (Phi) is 4.25. The van der Waals surface area contributed by atoms with Crippen LogP contribution in [-0.2, 0) is 0 Å². The van der Waals surface area contributed by atoms with Crippen LogP contribution in [0.2, 0.25) is 0 Å². The molecule has 2 aromatic heterocycles. The van der Waals surface area contributed by atoms with E-state index in [9.17, 15) is 5.11 Å². The second-order valence-corrected chi connectivity index (χ2v) is 7.86. The number of rotatable bonds is 3. The van der Waals surface area contributed by atoms with Crippen molar-refractivity contribution in [2.45, 2.75) is 0 Å². The molecule has 0 radical (unpaired) electrons. The predicted octanol–water partition coefficient (Wildman–Crippen LogP) is 7.42. The molecule has 152 valence electrons. The molecular formula is C29H20N2O. The van der Waals surface area contributed by atoms with E-state index in [1.54, 1.807) is 12.3 Å². The third kappa shape index (κ3) is 2.87. The number of aromatic nitrogens is 2. The minimum Gasteiger partial charge on any atom is -0.507 e. The standard InChI is InChI=1S/C29H20N2O/c32-27-17-4-2-10-24(27)28-20(11-7-14-23(28)25-15-5-6-18-30-25)22-13-8-12-21-19-9-1-3-16-26(19)31-29(21)22/h1-18,31-32H. The molecule has 0 spiro atoms. The Balaban J connectivity index is 1.72. The van der Waals surface area contributed by atoms with Gasteiger partial charge in [-0.2, -0.15) is 0 Å². The van der Waals surface area contributed by atoms with Crippen LogP contribution in [0.4, 0.5) is 0 Å². The normalized spacial score (nSPS) is 11.2. The fourth-order valence-electron chi connectivity index (χ4n) is 4.59. The second-order valence-electron chi connectivity index (χ2n) is 7.86. The number of fused-ring (bicyclic) bond motifs is 3. The molecule has 0 bridgehead atoms. The maximum absolute atomic E-state index is 10.8. The molecular weight excluding hydrogens is 392 g/mol. The molecule has 0 aliphatic heterocycles. The highest BCUT2D eigenvalue weighted by molar-refractivity contribution is 6.13. The molecule has 0 unspecified atom stereocenters. The molecule has 0 aliphatic carbocycles. The summed E-state index contributed by atoms with van der Waals surface area (Å²) in [4.78, 5) is 8.23. The zero-order valence-electron chi connectivity index (χ0n) is 17.3. The van der Waals surface area contributed by atoms with Crippen LogP contribution in [0, 0.1) is 0 Å². The summed E-state index contributed by atoms with van der Waals surface area (Å²) < 4.78 is 0. The fourth-order valence-corrected chi connectivity index (χ4v) is 4.59. The zero-order chi connectivity index (χ0) is 21.5. The number of hydrogen-bond donors (Lipinski definition) is 2. The monoisotopic (exact) mass is 412 g/mol. The highest BCUT2D eigenvalue weighted by atomic mass is 16.3. The van der Waals surface area contributed by atoms with Gasteiger partial charge < -0.3 is 10.1 Å². The summed E-state index contributed by atoms with van der Waals surface area (Å²) in [6, 6.07) is 34.4. The van der Waals surface area contributed by atoms with Gasteiger partial charge in [-0.05, 0) is 29.8 Å². The van der Waals surface area contributed by atoms with Crippen molar-refractivity contribution >= 4 is 21.8 Å². The third-order valence-electron chi connectivity index (χ3n) is 6.01. The van der Waals surface area contributed by atoms with Crippen LogP contribution >= 0.6 is 0 Å². The smallest absolute Gasteiger partial charge is 0.123 e. The van der Waals surface area contributed by atoms with E-state index in [2.05, 4.69) is 64.6 Å². The van der Waals surface area contributed by atoms with Gasteiger partial charge in [-0.25, -0.2) is 0 Å². The van der Waals surface area contributed by atoms with Crippen molar-refractivity contribution in [2.24, 2.45) is 0 Å². The summed E-state index contributed by atoms with van der Waals surface area (Å²) in [6.45, 7) is 0. The Hall–Kier alpha value is -4.37.